The van der Waals surface area contributed by atoms with Gasteiger partial charge in [-0.15, -0.1) is 11.3 Å². The van der Waals surface area contributed by atoms with Crippen LogP contribution >= 0.6 is 43.2 Å². The van der Waals surface area contributed by atoms with Gasteiger partial charge in [0.2, 0.25) is 0 Å². The van der Waals surface area contributed by atoms with Crippen LogP contribution in [0.3, 0.4) is 0 Å². The molecule has 2 heterocycles. The van der Waals surface area contributed by atoms with Crippen LogP contribution < -0.4 is 5.32 Å². The Morgan fingerprint density at radius 1 is 1.44 bits per heavy atom. The number of thiophene rings is 1. The van der Waals surface area contributed by atoms with Crippen molar-refractivity contribution in [2.45, 2.75) is 6.54 Å². The fourth-order valence-corrected chi connectivity index (χ4v) is 2.90. The van der Waals surface area contributed by atoms with Gasteiger partial charge in [0, 0.05) is 20.0 Å². The average molecular weight is 366 g/mol. The van der Waals surface area contributed by atoms with Gasteiger partial charge in [0.15, 0.2) is 11.6 Å². The molecule has 0 spiro atoms. The molecule has 0 aromatic carbocycles. The lowest BCUT2D eigenvalue weighted by molar-refractivity contribution is 0.623. The summed E-state index contributed by atoms with van der Waals surface area (Å²) in [6.45, 7) is 0.559. The highest BCUT2D eigenvalue weighted by Gasteiger charge is 2.06. The van der Waals surface area contributed by atoms with E-state index in [-0.39, 0.29) is 11.6 Å². The third kappa shape index (κ3) is 2.81. The maximum absolute atomic E-state index is 13.4. The number of nitrogens with one attached hydrogen (secondary N) is 1. The van der Waals surface area contributed by atoms with Gasteiger partial charge < -0.3 is 5.32 Å². The molecule has 0 saturated carbocycles. The number of aromatic nitrogens is 1. The average Bonchev–Trinajstić information content (AvgIpc) is 2.63. The molecule has 0 unspecified atom stereocenters. The Hall–Kier alpha value is -0.460. The van der Waals surface area contributed by atoms with E-state index in [1.54, 1.807) is 17.5 Å². The van der Waals surface area contributed by atoms with Crippen LogP contribution in [0.25, 0.3) is 0 Å². The molecule has 0 fully saturated rings. The Morgan fingerprint density at radius 3 is 2.88 bits per heavy atom. The van der Waals surface area contributed by atoms with Crippen molar-refractivity contribution in [3.63, 3.8) is 0 Å². The lowest BCUT2D eigenvalue weighted by Gasteiger charge is -2.05. The molecule has 1 N–H and O–H groups in total. The molecule has 0 radical (unpaired) electrons. The molecule has 2 aromatic heterocycles. The maximum Gasteiger partial charge on any atom is 0.166 e. The molecule has 84 valence electrons. The molecule has 6 heteroatoms. The zero-order valence-corrected chi connectivity index (χ0v) is 12.0. The smallest absolute Gasteiger partial charge is 0.166 e. The van der Waals surface area contributed by atoms with Crippen LogP contribution in [0.4, 0.5) is 10.2 Å². The molecule has 0 atom stereocenters. The van der Waals surface area contributed by atoms with E-state index in [1.807, 2.05) is 11.4 Å². The lowest BCUT2D eigenvalue weighted by Crippen LogP contribution is -2.02. The second-order valence-electron chi connectivity index (χ2n) is 3.03. The predicted octanol–water partition coefficient (Wildman–Crippen LogP) is 4.42. The predicted molar refractivity (Wildman–Crippen MR) is 71.2 cm³/mol. The number of hydrogen-bond acceptors (Lipinski definition) is 3. The minimum absolute atomic E-state index is 0.267. The molecule has 0 saturated heterocycles. The van der Waals surface area contributed by atoms with E-state index >= 15 is 0 Å². The first-order chi connectivity index (χ1) is 7.66. The molecular weight excluding hydrogens is 359 g/mol. The number of pyridine rings is 1. The summed E-state index contributed by atoms with van der Waals surface area (Å²) in [5.74, 6) is -0.0921. The van der Waals surface area contributed by atoms with E-state index in [9.17, 15) is 4.39 Å². The summed E-state index contributed by atoms with van der Waals surface area (Å²) < 4.78 is 15.1. The van der Waals surface area contributed by atoms with Crippen LogP contribution in [0, 0.1) is 5.82 Å². The molecule has 16 heavy (non-hydrogen) atoms. The molecular formula is C10H7Br2FN2S. The summed E-state index contributed by atoms with van der Waals surface area (Å²) in [5.41, 5.74) is 0. The van der Waals surface area contributed by atoms with Crippen molar-refractivity contribution in [2.24, 2.45) is 0 Å². The van der Waals surface area contributed by atoms with Crippen LogP contribution in [0.2, 0.25) is 0 Å². The Balaban J connectivity index is 2.08. The van der Waals surface area contributed by atoms with E-state index in [4.69, 9.17) is 0 Å². The van der Waals surface area contributed by atoms with Crippen LogP contribution in [0.15, 0.2) is 32.7 Å². The van der Waals surface area contributed by atoms with Gasteiger partial charge >= 0.3 is 0 Å². The first kappa shape index (κ1) is 12.0. The second kappa shape index (κ2) is 5.25. The second-order valence-corrected chi connectivity index (χ2v) is 5.80. The summed E-state index contributed by atoms with van der Waals surface area (Å²) in [6.07, 6.45) is 1.56. The Kier molecular flexibility index (Phi) is 3.94. The molecule has 0 aliphatic rings. The van der Waals surface area contributed by atoms with Crippen molar-refractivity contribution in [1.82, 2.24) is 4.98 Å². The standard InChI is InChI=1S/C10H7Br2FN2S/c11-6-3-8(13)10(14-4-6)15-5-9-7(12)1-2-16-9/h1-4H,5H2,(H,14,15). The van der Waals surface area contributed by atoms with Crippen LogP contribution in [-0.4, -0.2) is 4.98 Å². The van der Waals surface area contributed by atoms with Crippen LogP contribution in [0.5, 0.6) is 0 Å². The topological polar surface area (TPSA) is 24.9 Å². The summed E-state index contributed by atoms with van der Waals surface area (Å²) in [4.78, 5) is 5.08. The molecule has 0 bridgehead atoms. The van der Waals surface area contributed by atoms with Crippen molar-refractivity contribution in [3.05, 3.63) is 43.3 Å². The SMILES string of the molecule is Fc1cc(Br)cnc1NCc1sccc1Br. The Bertz CT molecular complexity index is 501. The lowest BCUT2D eigenvalue weighted by atomic mass is 10.4. The molecule has 0 amide bonds. The van der Waals surface area contributed by atoms with Crippen molar-refractivity contribution < 1.29 is 4.39 Å². The maximum atomic E-state index is 13.4. The fourth-order valence-electron chi connectivity index (χ4n) is 1.16. The van der Waals surface area contributed by atoms with E-state index in [0.717, 1.165) is 9.35 Å². The normalized spacial score (nSPS) is 10.4. The Labute approximate surface area is 113 Å². The van der Waals surface area contributed by atoms with Crippen molar-refractivity contribution in [2.75, 3.05) is 5.32 Å². The zero-order valence-electron chi connectivity index (χ0n) is 8.01. The van der Waals surface area contributed by atoms with E-state index in [0.29, 0.717) is 11.0 Å². The number of halogens is 3. The molecule has 2 rings (SSSR count). The first-order valence-corrected chi connectivity index (χ1v) is 6.90. The third-order valence-electron chi connectivity index (χ3n) is 1.92. The summed E-state index contributed by atoms with van der Waals surface area (Å²) >= 11 is 8.19. The number of anilines is 1. The van der Waals surface area contributed by atoms with Gasteiger partial charge in [-0.2, -0.15) is 0 Å². The highest BCUT2D eigenvalue weighted by Crippen LogP contribution is 2.24. The number of rotatable bonds is 3. The summed E-state index contributed by atoms with van der Waals surface area (Å²) in [5, 5.41) is 4.94. The Morgan fingerprint density at radius 2 is 2.25 bits per heavy atom. The third-order valence-corrected chi connectivity index (χ3v) is 4.28. The van der Waals surface area contributed by atoms with Gasteiger partial charge in [0.1, 0.15) is 0 Å². The first-order valence-electron chi connectivity index (χ1n) is 4.43. The fraction of sp³-hybridized carbons (Fsp3) is 0.100. The van der Waals surface area contributed by atoms with Crippen molar-refractivity contribution >= 4 is 49.0 Å². The molecule has 2 aromatic rings. The minimum Gasteiger partial charge on any atom is -0.363 e. The quantitative estimate of drug-likeness (QED) is 0.870. The minimum atomic E-state index is -0.359. The summed E-state index contributed by atoms with van der Waals surface area (Å²) in [7, 11) is 0. The highest BCUT2D eigenvalue weighted by atomic mass is 79.9. The largest absolute Gasteiger partial charge is 0.363 e. The van der Waals surface area contributed by atoms with E-state index in [2.05, 4.69) is 42.2 Å². The van der Waals surface area contributed by atoms with Gasteiger partial charge in [-0.05, 0) is 49.4 Å². The molecule has 2 nitrogen and oxygen atoms in total. The van der Waals surface area contributed by atoms with E-state index < -0.39 is 0 Å². The molecule has 0 aliphatic carbocycles. The summed E-state index contributed by atoms with van der Waals surface area (Å²) in [6, 6.07) is 3.35. The van der Waals surface area contributed by atoms with Crippen molar-refractivity contribution in [3.8, 4) is 0 Å². The van der Waals surface area contributed by atoms with Gasteiger partial charge in [0.25, 0.3) is 0 Å². The van der Waals surface area contributed by atoms with Gasteiger partial charge in [-0.1, -0.05) is 0 Å². The number of nitrogens with zero attached hydrogens (tertiary/aromatic N) is 1. The molecule has 0 aliphatic heterocycles. The van der Waals surface area contributed by atoms with Crippen LogP contribution in [-0.2, 0) is 6.54 Å². The monoisotopic (exact) mass is 364 g/mol. The number of hydrogen-bond donors (Lipinski definition) is 1. The van der Waals surface area contributed by atoms with E-state index in [1.165, 1.54) is 6.07 Å². The van der Waals surface area contributed by atoms with Gasteiger partial charge in [-0.25, -0.2) is 9.37 Å². The van der Waals surface area contributed by atoms with Gasteiger partial charge in [-0.3, -0.25) is 0 Å². The zero-order chi connectivity index (χ0) is 11.5. The highest BCUT2D eigenvalue weighted by molar-refractivity contribution is 9.10. The van der Waals surface area contributed by atoms with Crippen LogP contribution in [0.1, 0.15) is 4.88 Å². The van der Waals surface area contributed by atoms with Gasteiger partial charge in [0.05, 0.1) is 6.54 Å². The van der Waals surface area contributed by atoms with Crippen molar-refractivity contribution in [1.29, 1.82) is 0 Å².